The van der Waals surface area contributed by atoms with E-state index in [4.69, 9.17) is 4.42 Å². The maximum Gasteiger partial charge on any atom is 0.209 e. The number of aromatic nitrogens is 1. The number of rotatable bonds is 5. The normalized spacial score (nSPS) is 11.3. The molecule has 124 valence electrons. The number of hydrogen-bond acceptors (Lipinski definition) is 3. The summed E-state index contributed by atoms with van der Waals surface area (Å²) in [6.07, 6.45) is 1.80. The summed E-state index contributed by atoms with van der Waals surface area (Å²) in [5.41, 5.74) is 2.34. The van der Waals surface area contributed by atoms with Crippen molar-refractivity contribution < 1.29 is 4.42 Å². The number of oxazole rings is 1. The Morgan fingerprint density at radius 1 is 0.840 bits per heavy atom. The summed E-state index contributed by atoms with van der Waals surface area (Å²) >= 11 is 0. The monoisotopic (exact) mass is 328 g/mol. The molecule has 0 N–H and O–H groups in total. The minimum absolute atomic E-state index is 0.680. The van der Waals surface area contributed by atoms with Crippen molar-refractivity contribution in [1.82, 2.24) is 9.88 Å². The molecule has 4 aromatic rings. The van der Waals surface area contributed by atoms with Gasteiger partial charge >= 0.3 is 0 Å². The fourth-order valence-electron chi connectivity index (χ4n) is 3.05. The molecule has 0 radical (unpaired) electrons. The average molecular weight is 328 g/mol. The van der Waals surface area contributed by atoms with E-state index < -0.39 is 0 Å². The summed E-state index contributed by atoms with van der Waals surface area (Å²) in [4.78, 5) is 6.63. The van der Waals surface area contributed by atoms with Crippen LogP contribution in [0.5, 0.6) is 0 Å². The highest BCUT2D eigenvalue weighted by molar-refractivity contribution is 5.82. The van der Waals surface area contributed by atoms with Gasteiger partial charge in [-0.25, -0.2) is 4.98 Å². The average Bonchev–Trinajstić information content (AvgIpc) is 3.10. The van der Waals surface area contributed by atoms with Gasteiger partial charge in [0.2, 0.25) is 5.89 Å². The second kappa shape index (κ2) is 6.91. The van der Waals surface area contributed by atoms with Crippen LogP contribution >= 0.6 is 0 Å². The highest BCUT2D eigenvalue weighted by Crippen LogP contribution is 2.21. The van der Waals surface area contributed by atoms with Gasteiger partial charge in [0.25, 0.3) is 0 Å². The first-order valence-corrected chi connectivity index (χ1v) is 8.44. The third kappa shape index (κ3) is 3.62. The minimum Gasteiger partial charge on any atom is -0.439 e. The Balaban J connectivity index is 1.45. The van der Waals surface area contributed by atoms with Crippen LogP contribution in [0.3, 0.4) is 0 Å². The van der Waals surface area contributed by atoms with Crippen molar-refractivity contribution in [1.29, 1.82) is 0 Å². The van der Waals surface area contributed by atoms with Crippen molar-refractivity contribution in [3.8, 4) is 11.3 Å². The zero-order valence-electron chi connectivity index (χ0n) is 14.2. The molecule has 25 heavy (non-hydrogen) atoms. The molecule has 0 atom stereocenters. The maximum atomic E-state index is 5.90. The Morgan fingerprint density at radius 2 is 1.60 bits per heavy atom. The van der Waals surface area contributed by atoms with Gasteiger partial charge in [-0.15, -0.1) is 0 Å². The van der Waals surface area contributed by atoms with E-state index in [0.717, 1.165) is 23.8 Å². The molecule has 0 aliphatic rings. The highest BCUT2D eigenvalue weighted by atomic mass is 16.4. The Morgan fingerprint density at radius 3 is 2.44 bits per heavy atom. The first-order chi connectivity index (χ1) is 12.3. The lowest BCUT2D eigenvalue weighted by Gasteiger charge is -2.15. The molecular weight excluding hydrogens is 308 g/mol. The van der Waals surface area contributed by atoms with E-state index >= 15 is 0 Å². The van der Waals surface area contributed by atoms with E-state index in [2.05, 4.69) is 59.4 Å². The molecular formula is C22H20N2O. The van der Waals surface area contributed by atoms with Crippen molar-refractivity contribution in [2.24, 2.45) is 0 Å². The molecule has 3 nitrogen and oxygen atoms in total. The zero-order chi connectivity index (χ0) is 17.1. The van der Waals surface area contributed by atoms with Crippen molar-refractivity contribution in [3.63, 3.8) is 0 Å². The number of benzene rings is 3. The Bertz CT molecular complexity index is 975. The van der Waals surface area contributed by atoms with Gasteiger partial charge in [0, 0.05) is 12.1 Å². The highest BCUT2D eigenvalue weighted by Gasteiger charge is 2.09. The molecule has 0 unspecified atom stereocenters. The molecule has 0 saturated carbocycles. The largest absolute Gasteiger partial charge is 0.439 e. The lowest BCUT2D eigenvalue weighted by atomic mass is 10.1. The van der Waals surface area contributed by atoms with Crippen LogP contribution < -0.4 is 0 Å². The standard InChI is InChI=1S/C22H20N2O/c1-24(15-17-11-12-18-7-5-6-10-20(18)13-17)16-22-23-14-21(25-22)19-8-3-2-4-9-19/h2-14H,15-16H2,1H3. The third-order valence-electron chi connectivity index (χ3n) is 4.28. The van der Waals surface area contributed by atoms with Crippen LogP contribution in [0.15, 0.2) is 83.4 Å². The quantitative estimate of drug-likeness (QED) is 0.509. The Kier molecular flexibility index (Phi) is 4.32. The third-order valence-corrected chi connectivity index (χ3v) is 4.28. The Hall–Kier alpha value is -2.91. The summed E-state index contributed by atoms with van der Waals surface area (Å²) in [5.74, 6) is 1.55. The molecule has 0 saturated heterocycles. The van der Waals surface area contributed by atoms with E-state index in [0.29, 0.717) is 6.54 Å². The van der Waals surface area contributed by atoms with Gasteiger partial charge in [0.1, 0.15) is 0 Å². The van der Waals surface area contributed by atoms with Gasteiger partial charge in [-0.1, -0.05) is 66.7 Å². The van der Waals surface area contributed by atoms with Crippen LogP contribution in [0.25, 0.3) is 22.1 Å². The van der Waals surface area contributed by atoms with Crippen LogP contribution in [0.1, 0.15) is 11.5 Å². The van der Waals surface area contributed by atoms with E-state index in [1.807, 2.05) is 30.3 Å². The predicted octanol–water partition coefficient (Wildman–Crippen LogP) is 5.13. The zero-order valence-corrected chi connectivity index (χ0v) is 14.2. The molecule has 0 fully saturated rings. The van der Waals surface area contributed by atoms with Crippen LogP contribution in [-0.2, 0) is 13.1 Å². The van der Waals surface area contributed by atoms with Crippen LogP contribution in [-0.4, -0.2) is 16.9 Å². The smallest absolute Gasteiger partial charge is 0.209 e. The summed E-state index contributed by atoms with van der Waals surface area (Å²) in [6.45, 7) is 1.54. The second-order valence-corrected chi connectivity index (χ2v) is 6.34. The lowest BCUT2D eigenvalue weighted by Crippen LogP contribution is -2.17. The predicted molar refractivity (Wildman–Crippen MR) is 101 cm³/mol. The van der Waals surface area contributed by atoms with Gasteiger partial charge in [-0.05, 0) is 29.4 Å². The molecule has 4 rings (SSSR count). The van der Waals surface area contributed by atoms with Crippen molar-refractivity contribution in [2.75, 3.05) is 7.05 Å². The van der Waals surface area contributed by atoms with Crippen LogP contribution in [0, 0.1) is 0 Å². The van der Waals surface area contributed by atoms with Crippen molar-refractivity contribution in [3.05, 3.63) is 90.4 Å². The molecule has 0 aliphatic heterocycles. The minimum atomic E-state index is 0.680. The fourth-order valence-corrected chi connectivity index (χ4v) is 3.05. The number of fused-ring (bicyclic) bond motifs is 1. The lowest BCUT2D eigenvalue weighted by molar-refractivity contribution is 0.283. The summed E-state index contributed by atoms with van der Waals surface area (Å²) in [7, 11) is 2.08. The summed E-state index contributed by atoms with van der Waals surface area (Å²) in [6, 6.07) is 25.1. The van der Waals surface area contributed by atoms with Gasteiger partial charge in [-0.2, -0.15) is 0 Å². The first-order valence-electron chi connectivity index (χ1n) is 8.44. The first kappa shape index (κ1) is 15.6. The summed E-state index contributed by atoms with van der Waals surface area (Å²) < 4.78 is 5.90. The topological polar surface area (TPSA) is 29.3 Å². The van der Waals surface area contributed by atoms with Crippen molar-refractivity contribution in [2.45, 2.75) is 13.1 Å². The van der Waals surface area contributed by atoms with E-state index in [-0.39, 0.29) is 0 Å². The van der Waals surface area contributed by atoms with Gasteiger partial charge in [-0.3, -0.25) is 4.90 Å². The Labute approximate surface area is 147 Å². The van der Waals surface area contributed by atoms with Crippen LogP contribution in [0.4, 0.5) is 0 Å². The summed E-state index contributed by atoms with van der Waals surface area (Å²) in [5, 5.41) is 2.55. The molecule has 3 aromatic carbocycles. The molecule has 0 spiro atoms. The van der Waals surface area contributed by atoms with Gasteiger partial charge < -0.3 is 4.42 Å². The molecule has 0 bridgehead atoms. The van der Waals surface area contributed by atoms with E-state index in [1.165, 1.54) is 16.3 Å². The molecule has 0 amide bonds. The number of nitrogens with zero attached hydrogens (tertiary/aromatic N) is 2. The van der Waals surface area contributed by atoms with Crippen LogP contribution in [0.2, 0.25) is 0 Å². The van der Waals surface area contributed by atoms with Gasteiger partial charge in [0.05, 0.1) is 12.7 Å². The molecule has 0 aliphatic carbocycles. The second-order valence-electron chi connectivity index (χ2n) is 6.34. The maximum absolute atomic E-state index is 5.90. The van der Waals surface area contributed by atoms with E-state index in [1.54, 1.807) is 6.20 Å². The number of hydrogen-bond donors (Lipinski definition) is 0. The van der Waals surface area contributed by atoms with E-state index in [9.17, 15) is 0 Å². The van der Waals surface area contributed by atoms with Gasteiger partial charge in [0.15, 0.2) is 5.76 Å². The SMILES string of the molecule is CN(Cc1ccc2ccccc2c1)Cc1ncc(-c2ccccc2)o1. The van der Waals surface area contributed by atoms with Crippen molar-refractivity contribution >= 4 is 10.8 Å². The molecule has 3 heteroatoms. The molecule has 1 heterocycles. The molecule has 1 aromatic heterocycles. The fraction of sp³-hybridized carbons (Fsp3) is 0.136.